The van der Waals surface area contributed by atoms with Gasteiger partial charge in [-0.25, -0.2) is 8.42 Å². The minimum Gasteiger partial charge on any atom is -0.355 e. The van der Waals surface area contributed by atoms with Gasteiger partial charge in [0.05, 0.1) is 0 Å². The lowest BCUT2D eigenvalue weighted by Crippen LogP contribution is -2.11. The van der Waals surface area contributed by atoms with Crippen LogP contribution in [0.4, 0.5) is 5.69 Å². The van der Waals surface area contributed by atoms with Gasteiger partial charge in [-0.1, -0.05) is 36.4 Å². The summed E-state index contributed by atoms with van der Waals surface area (Å²) in [5.74, 6) is 0. The number of sulfonamides is 1. The number of benzene rings is 2. The van der Waals surface area contributed by atoms with E-state index >= 15 is 0 Å². The molecule has 0 bridgehead atoms. The zero-order valence-corrected chi connectivity index (χ0v) is 14.2. The molecule has 24 heavy (non-hydrogen) atoms. The van der Waals surface area contributed by atoms with Crippen molar-refractivity contribution in [3.63, 3.8) is 0 Å². The van der Waals surface area contributed by atoms with Crippen LogP contribution in [0.1, 0.15) is 0 Å². The SMILES string of the molecule is O=S(=O)(Nc1ccc2[nH]c(-c3ccccc3)cc2c1)c1cccs1. The van der Waals surface area contributed by atoms with Crippen LogP contribution >= 0.6 is 11.3 Å². The maximum atomic E-state index is 12.3. The minimum atomic E-state index is -3.53. The smallest absolute Gasteiger partial charge is 0.271 e. The highest BCUT2D eigenvalue weighted by molar-refractivity contribution is 7.94. The molecule has 0 amide bonds. The molecule has 0 unspecified atom stereocenters. The van der Waals surface area contributed by atoms with Crippen LogP contribution in [0.2, 0.25) is 0 Å². The molecule has 0 aliphatic rings. The number of hydrogen-bond donors (Lipinski definition) is 2. The molecule has 4 rings (SSSR count). The number of hydrogen-bond acceptors (Lipinski definition) is 3. The van der Waals surface area contributed by atoms with E-state index in [-0.39, 0.29) is 0 Å². The molecule has 120 valence electrons. The van der Waals surface area contributed by atoms with Crippen molar-refractivity contribution < 1.29 is 8.42 Å². The number of anilines is 1. The van der Waals surface area contributed by atoms with Gasteiger partial charge in [0.15, 0.2) is 0 Å². The van der Waals surface area contributed by atoms with Crippen LogP contribution in [0.3, 0.4) is 0 Å². The Bertz CT molecular complexity index is 1080. The van der Waals surface area contributed by atoms with Crippen LogP contribution in [0.25, 0.3) is 22.2 Å². The monoisotopic (exact) mass is 354 g/mol. The molecule has 0 saturated heterocycles. The van der Waals surface area contributed by atoms with Gasteiger partial charge in [-0.15, -0.1) is 11.3 Å². The fourth-order valence-corrected chi connectivity index (χ4v) is 4.63. The highest BCUT2D eigenvalue weighted by atomic mass is 32.2. The lowest BCUT2D eigenvalue weighted by Gasteiger charge is -2.06. The van der Waals surface area contributed by atoms with Crippen molar-refractivity contribution in [1.29, 1.82) is 0 Å². The fourth-order valence-electron chi connectivity index (χ4n) is 2.59. The van der Waals surface area contributed by atoms with Crippen molar-refractivity contribution in [3.05, 3.63) is 72.1 Å². The Kier molecular flexibility index (Phi) is 3.63. The number of H-pyrrole nitrogens is 1. The second kappa shape index (κ2) is 5.81. The molecule has 0 saturated carbocycles. The van der Waals surface area contributed by atoms with Crippen LogP contribution in [-0.4, -0.2) is 13.4 Å². The number of fused-ring (bicyclic) bond motifs is 1. The summed E-state index contributed by atoms with van der Waals surface area (Å²) in [5.41, 5.74) is 3.61. The summed E-state index contributed by atoms with van der Waals surface area (Å²) in [6.45, 7) is 0. The highest BCUT2D eigenvalue weighted by Crippen LogP contribution is 2.27. The number of nitrogens with one attached hydrogen (secondary N) is 2. The van der Waals surface area contributed by atoms with Crippen molar-refractivity contribution in [3.8, 4) is 11.3 Å². The van der Waals surface area contributed by atoms with Gasteiger partial charge in [-0.2, -0.15) is 0 Å². The maximum Gasteiger partial charge on any atom is 0.271 e. The Morgan fingerprint density at radius 1 is 0.917 bits per heavy atom. The second-order valence-corrected chi connectivity index (χ2v) is 8.25. The van der Waals surface area contributed by atoms with E-state index in [1.54, 1.807) is 23.6 Å². The summed E-state index contributed by atoms with van der Waals surface area (Å²) in [4.78, 5) is 3.35. The lowest BCUT2D eigenvalue weighted by molar-refractivity contribution is 0.603. The summed E-state index contributed by atoms with van der Waals surface area (Å²) >= 11 is 1.20. The average Bonchev–Trinajstić information content (AvgIpc) is 3.25. The number of aromatic amines is 1. The predicted molar refractivity (Wildman–Crippen MR) is 98.9 cm³/mol. The molecule has 0 fully saturated rings. The van der Waals surface area contributed by atoms with Gasteiger partial charge in [-0.3, -0.25) is 4.72 Å². The van der Waals surface area contributed by atoms with Gasteiger partial charge >= 0.3 is 0 Å². The molecule has 0 spiro atoms. The lowest BCUT2D eigenvalue weighted by atomic mass is 10.1. The van der Waals surface area contributed by atoms with Crippen molar-refractivity contribution >= 4 is 38.0 Å². The van der Waals surface area contributed by atoms with Gasteiger partial charge in [0, 0.05) is 22.3 Å². The van der Waals surface area contributed by atoms with Crippen LogP contribution in [0, 0.1) is 0 Å². The van der Waals surface area contributed by atoms with Gasteiger partial charge in [0.1, 0.15) is 4.21 Å². The predicted octanol–water partition coefficient (Wildman–Crippen LogP) is 4.70. The summed E-state index contributed by atoms with van der Waals surface area (Å²) in [7, 11) is -3.53. The zero-order valence-electron chi connectivity index (χ0n) is 12.6. The van der Waals surface area contributed by atoms with Gasteiger partial charge in [0.2, 0.25) is 0 Å². The van der Waals surface area contributed by atoms with E-state index in [1.807, 2.05) is 48.5 Å². The highest BCUT2D eigenvalue weighted by Gasteiger charge is 2.15. The molecular formula is C18H14N2O2S2. The summed E-state index contributed by atoms with van der Waals surface area (Å²) in [5, 5.41) is 2.70. The third-order valence-corrected chi connectivity index (χ3v) is 6.50. The quantitative estimate of drug-likeness (QED) is 0.558. The topological polar surface area (TPSA) is 62.0 Å². The molecule has 0 aliphatic heterocycles. The molecule has 0 atom stereocenters. The van der Waals surface area contributed by atoms with E-state index < -0.39 is 10.0 Å². The molecule has 4 nitrogen and oxygen atoms in total. The van der Waals surface area contributed by atoms with E-state index in [0.717, 1.165) is 22.2 Å². The Morgan fingerprint density at radius 3 is 2.50 bits per heavy atom. The first-order chi connectivity index (χ1) is 11.6. The summed E-state index contributed by atoms with van der Waals surface area (Å²) < 4.78 is 27.6. The van der Waals surface area contributed by atoms with Crippen molar-refractivity contribution in [2.75, 3.05) is 4.72 Å². The average molecular weight is 354 g/mol. The molecular weight excluding hydrogens is 340 g/mol. The van der Waals surface area contributed by atoms with E-state index in [2.05, 4.69) is 9.71 Å². The Morgan fingerprint density at radius 2 is 1.75 bits per heavy atom. The number of rotatable bonds is 4. The molecule has 2 aromatic heterocycles. The van der Waals surface area contributed by atoms with Crippen LogP contribution in [0.5, 0.6) is 0 Å². The third kappa shape index (κ3) is 2.81. The van der Waals surface area contributed by atoms with Gasteiger partial charge in [0.25, 0.3) is 10.0 Å². The normalized spacial score (nSPS) is 11.7. The minimum absolute atomic E-state index is 0.307. The molecule has 0 radical (unpaired) electrons. The molecule has 4 aromatic rings. The first-order valence-corrected chi connectivity index (χ1v) is 9.73. The largest absolute Gasteiger partial charge is 0.355 e. The zero-order chi connectivity index (χ0) is 16.6. The Hall–Kier alpha value is -2.57. The standard InChI is InChI=1S/C18H14N2O2S2/c21-24(22,18-7-4-10-23-18)20-15-8-9-16-14(11-15)12-17(19-16)13-5-2-1-3-6-13/h1-12,19-20H. The fraction of sp³-hybridized carbons (Fsp3) is 0. The van der Waals surface area contributed by atoms with E-state index in [4.69, 9.17) is 0 Å². The van der Waals surface area contributed by atoms with Crippen LogP contribution in [-0.2, 0) is 10.0 Å². The van der Waals surface area contributed by atoms with Crippen molar-refractivity contribution in [1.82, 2.24) is 4.98 Å². The van der Waals surface area contributed by atoms with E-state index in [9.17, 15) is 8.42 Å². The molecule has 0 aliphatic carbocycles. The number of thiophene rings is 1. The number of aromatic nitrogens is 1. The van der Waals surface area contributed by atoms with E-state index in [1.165, 1.54) is 11.3 Å². The second-order valence-electron chi connectivity index (χ2n) is 5.39. The summed E-state index contributed by atoms with van der Waals surface area (Å²) in [6.07, 6.45) is 0. The van der Waals surface area contributed by atoms with Crippen LogP contribution in [0.15, 0.2) is 76.3 Å². The molecule has 6 heteroatoms. The van der Waals surface area contributed by atoms with Gasteiger partial charge in [-0.05, 0) is 41.3 Å². The Balaban J connectivity index is 1.69. The van der Waals surface area contributed by atoms with E-state index in [0.29, 0.717) is 9.90 Å². The van der Waals surface area contributed by atoms with Crippen LogP contribution < -0.4 is 4.72 Å². The molecule has 2 heterocycles. The first kappa shape index (κ1) is 15.0. The Labute approximate surface area is 143 Å². The maximum absolute atomic E-state index is 12.3. The molecule has 2 aromatic carbocycles. The molecule has 2 N–H and O–H groups in total. The van der Waals surface area contributed by atoms with Crippen molar-refractivity contribution in [2.24, 2.45) is 0 Å². The third-order valence-electron chi connectivity index (χ3n) is 3.72. The summed E-state index contributed by atoms with van der Waals surface area (Å²) in [6, 6.07) is 20.8. The van der Waals surface area contributed by atoms with Crippen molar-refractivity contribution in [2.45, 2.75) is 4.21 Å². The van der Waals surface area contributed by atoms with Gasteiger partial charge < -0.3 is 4.98 Å². The first-order valence-electron chi connectivity index (χ1n) is 7.36.